The Bertz CT molecular complexity index is 974. The third-order valence-electron chi connectivity index (χ3n) is 5.82. The molecule has 4 rings (SSSR count). The molecular formula is C23H28N4O2. The number of carbonyl (C=O) groups excluding carboxylic acids is 1. The van der Waals surface area contributed by atoms with Gasteiger partial charge in [0, 0.05) is 50.7 Å². The van der Waals surface area contributed by atoms with Crippen molar-refractivity contribution in [2.45, 2.75) is 39.0 Å². The van der Waals surface area contributed by atoms with Crippen LogP contribution in [0.4, 0.5) is 0 Å². The zero-order chi connectivity index (χ0) is 20.4. The molecule has 1 unspecified atom stereocenters. The van der Waals surface area contributed by atoms with Gasteiger partial charge >= 0.3 is 0 Å². The van der Waals surface area contributed by atoms with Gasteiger partial charge in [-0.2, -0.15) is 5.10 Å². The number of carbonyl (C=O) groups is 1. The van der Waals surface area contributed by atoms with Crippen molar-refractivity contribution in [3.05, 3.63) is 60.4 Å². The number of amides is 1. The lowest BCUT2D eigenvalue weighted by Gasteiger charge is -2.24. The van der Waals surface area contributed by atoms with Gasteiger partial charge in [0.05, 0.1) is 12.4 Å². The van der Waals surface area contributed by atoms with Crippen LogP contribution >= 0.6 is 0 Å². The first-order chi connectivity index (χ1) is 13.9. The second-order valence-electron chi connectivity index (χ2n) is 8.60. The predicted octanol–water partition coefficient (Wildman–Crippen LogP) is 4.05. The number of aryl methyl sites for hydroxylation is 2. The molecule has 1 saturated heterocycles. The highest BCUT2D eigenvalue weighted by Gasteiger charge is 2.42. The summed E-state index contributed by atoms with van der Waals surface area (Å²) in [4.78, 5) is 19.2. The minimum Gasteiger partial charge on any atom is -0.441 e. The molecule has 3 aromatic rings. The summed E-state index contributed by atoms with van der Waals surface area (Å²) in [5.74, 6) is 1.98. The van der Waals surface area contributed by atoms with Crippen molar-refractivity contribution in [3.63, 3.8) is 0 Å². The quantitative estimate of drug-likeness (QED) is 0.635. The van der Waals surface area contributed by atoms with Crippen LogP contribution in [0.5, 0.6) is 0 Å². The molecule has 1 aromatic carbocycles. The van der Waals surface area contributed by atoms with Gasteiger partial charge in [-0.3, -0.25) is 9.48 Å². The standard InChI is InChI=1S/C23H28N4O2/c1-23(2)16-27(15-19(23)18-12-25-26(3)14-18)22(28)11-7-10-21-24-13-20(29-21)17-8-5-4-6-9-17/h4-6,8-9,12-14,19H,7,10-11,15-16H2,1-3H3. The molecule has 1 aliphatic heterocycles. The highest BCUT2D eigenvalue weighted by Crippen LogP contribution is 2.42. The molecule has 6 heteroatoms. The van der Waals surface area contributed by atoms with Crippen LogP contribution in [0.15, 0.2) is 53.3 Å². The van der Waals surface area contributed by atoms with Crippen molar-refractivity contribution < 1.29 is 9.21 Å². The Hall–Kier alpha value is -2.89. The Morgan fingerprint density at radius 1 is 1.24 bits per heavy atom. The molecule has 6 nitrogen and oxygen atoms in total. The molecule has 1 fully saturated rings. The van der Waals surface area contributed by atoms with Crippen LogP contribution in [0.1, 0.15) is 44.1 Å². The molecule has 0 bridgehead atoms. The van der Waals surface area contributed by atoms with E-state index in [1.807, 2.05) is 53.2 Å². The number of benzene rings is 1. The van der Waals surface area contributed by atoms with E-state index in [2.05, 4.69) is 30.1 Å². The molecule has 2 aromatic heterocycles. The van der Waals surface area contributed by atoms with Gasteiger partial charge in [-0.05, 0) is 17.4 Å². The monoisotopic (exact) mass is 392 g/mol. The summed E-state index contributed by atoms with van der Waals surface area (Å²) in [5, 5.41) is 4.30. The molecule has 152 valence electrons. The Morgan fingerprint density at radius 2 is 2.03 bits per heavy atom. The SMILES string of the molecule is Cn1cc(C2CN(C(=O)CCCc3ncc(-c4ccccc4)o3)CC2(C)C)cn1. The van der Waals surface area contributed by atoms with Gasteiger partial charge in [-0.15, -0.1) is 0 Å². The normalized spacial score (nSPS) is 18.3. The summed E-state index contributed by atoms with van der Waals surface area (Å²) in [7, 11) is 1.93. The van der Waals surface area contributed by atoms with Crippen molar-refractivity contribution in [1.29, 1.82) is 0 Å². The van der Waals surface area contributed by atoms with Gasteiger partial charge in [0.25, 0.3) is 0 Å². The van der Waals surface area contributed by atoms with E-state index in [1.165, 1.54) is 5.56 Å². The minimum atomic E-state index is 0.0475. The van der Waals surface area contributed by atoms with E-state index in [0.717, 1.165) is 30.8 Å². The van der Waals surface area contributed by atoms with Gasteiger partial charge < -0.3 is 9.32 Å². The van der Waals surface area contributed by atoms with Gasteiger partial charge in [-0.1, -0.05) is 44.2 Å². The summed E-state index contributed by atoms with van der Waals surface area (Å²) in [6, 6.07) is 9.94. The molecular weight excluding hydrogens is 364 g/mol. The molecule has 0 saturated carbocycles. The first kappa shape index (κ1) is 19.4. The Kier molecular flexibility index (Phi) is 5.26. The predicted molar refractivity (Wildman–Crippen MR) is 111 cm³/mol. The third kappa shape index (κ3) is 4.26. The highest BCUT2D eigenvalue weighted by atomic mass is 16.4. The van der Waals surface area contributed by atoms with Gasteiger partial charge in [0.2, 0.25) is 5.91 Å². The maximum Gasteiger partial charge on any atom is 0.222 e. The molecule has 1 amide bonds. The lowest BCUT2D eigenvalue weighted by molar-refractivity contribution is -0.130. The van der Waals surface area contributed by atoms with Gasteiger partial charge in [0.15, 0.2) is 11.7 Å². The van der Waals surface area contributed by atoms with Crippen LogP contribution < -0.4 is 0 Å². The van der Waals surface area contributed by atoms with E-state index in [-0.39, 0.29) is 11.3 Å². The van der Waals surface area contributed by atoms with Crippen molar-refractivity contribution in [2.75, 3.05) is 13.1 Å². The minimum absolute atomic E-state index is 0.0475. The Balaban J connectivity index is 1.31. The molecule has 0 spiro atoms. The summed E-state index contributed by atoms with van der Waals surface area (Å²) < 4.78 is 7.67. The van der Waals surface area contributed by atoms with Crippen LogP contribution in [0.25, 0.3) is 11.3 Å². The topological polar surface area (TPSA) is 64.2 Å². The summed E-state index contributed by atoms with van der Waals surface area (Å²) in [6.07, 6.45) is 7.66. The summed E-state index contributed by atoms with van der Waals surface area (Å²) >= 11 is 0. The van der Waals surface area contributed by atoms with E-state index in [9.17, 15) is 4.79 Å². The van der Waals surface area contributed by atoms with E-state index >= 15 is 0 Å². The van der Waals surface area contributed by atoms with E-state index < -0.39 is 0 Å². The average Bonchev–Trinajstić information content (AvgIpc) is 3.41. The zero-order valence-electron chi connectivity index (χ0n) is 17.3. The summed E-state index contributed by atoms with van der Waals surface area (Å²) in [5.41, 5.74) is 2.27. The fourth-order valence-electron chi connectivity index (χ4n) is 4.21. The fourth-order valence-corrected chi connectivity index (χ4v) is 4.21. The summed E-state index contributed by atoms with van der Waals surface area (Å²) in [6.45, 7) is 6.00. The zero-order valence-corrected chi connectivity index (χ0v) is 17.3. The Labute approximate surface area is 171 Å². The smallest absolute Gasteiger partial charge is 0.222 e. The first-order valence-electron chi connectivity index (χ1n) is 10.2. The Morgan fingerprint density at radius 3 is 2.76 bits per heavy atom. The molecule has 1 atom stereocenters. The first-order valence-corrected chi connectivity index (χ1v) is 10.2. The maximum atomic E-state index is 12.8. The van der Waals surface area contributed by atoms with Crippen molar-refractivity contribution in [1.82, 2.24) is 19.7 Å². The van der Waals surface area contributed by atoms with E-state index in [1.54, 1.807) is 6.20 Å². The molecule has 3 heterocycles. The number of likely N-dealkylation sites (tertiary alicyclic amines) is 1. The average molecular weight is 393 g/mol. The van der Waals surface area contributed by atoms with Crippen LogP contribution in [0, 0.1) is 5.41 Å². The van der Waals surface area contributed by atoms with Crippen LogP contribution in [-0.2, 0) is 18.3 Å². The van der Waals surface area contributed by atoms with Crippen molar-refractivity contribution >= 4 is 5.91 Å². The van der Waals surface area contributed by atoms with Gasteiger partial charge in [0.1, 0.15) is 0 Å². The maximum absolute atomic E-state index is 12.8. The van der Waals surface area contributed by atoms with Gasteiger partial charge in [-0.25, -0.2) is 4.98 Å². The lowest BCUT2D eigenvalue weighted by atomic mass is 9.79. The molecule has 0 aliphatic carbocycles. The van der Waals surface area contributed by atoms with E-state index in [0.29, 0.717) is 24.7 Å². The number of hydrogen-bond acceptors (Lipinski definition) is 4. The van der Waals surface area contributed by atoms with E-state index in [4.69, 9.17) is 4.42 Å². The largest absolute Gasteiger partial charge is 0.441 e. The number of oxazole rings is 1. The number of aromatic nitrogens is 3. The molecule has 0 radical (unpaired) electrons. The molecule has 0 N–H and O–H groups in total. The van der Waals surface area contributed by atoms with Crippen LogP contribution in [0.2, 0.25) is 0 Å². The molecule has 1 aliphatic rings. The number of nitrogens with zero attached hydrogens (tertiary/aromatic N) is 4. The number of hydrogen-bond donors (Lipinski definition) is 0. The lowest BCUT2D eigenvalue weighted by Crippen LogP contribution is -2.30. The highest BCUT2D eigenvalue weighted by molar-refractivity contribution is 5.76. The number of rotatable bonds is 6. The second kappa shape index (κ2) is 7.85. The van der Waals surface area contributed by atoms with Crippen LogP contribution in [-0.4, -0.2) is 38.7 Å². The second-order valence-corrected chi connectivity index (χ2v) is 8.60. The molecule has 29 heavy (non-hydrogen) atoms. The third-order valence-corrected chi connectivity index (χ3v) is 5.82. The van der Waals surface area contributed by atoms with Crippen LogP contribution in [0.3, 0.4) is 0 Å². The fraction of sp³-hybridized carbons (Fsp3) is 0.435. The van der Waals surface area contributed by atoms with Crippen molar-refractivity contribution in [2.24, 2.45) is 12.5 Å². The van der Waals surface area contributed by atoms with Crippen molar-refractivity contribution in [3.8, 4) is 11.3 Å².